The Balaban J connectivity index is 1.22. The monoisotopic (exact) mass is 390 g/mol. The van der Waals surface area contributed by atoms with E-state index in [4.69, 9.17) is 14.2 Å². The van der Waals surface area contributed by atoms with Crippen LogP contribution in [0.15, 0.2) is 41.3 Å². The van der Waals surface area contributed by atoms with Gasteiger partial charge in [0.05, 0.1) is 6.10 Å². The second-order valence-electron chi connectivity index (χ2n) is 7.09. The molecular formula is C22H30O4S. The van der Waals surface area contributed by atoms with Gasteiger partial charge in [0.15, 0.2) is 6.29 Å². The van der Waals surface area contributed by atoms with Gasteiger partial charge in [-0.2, -0.15) is 0 Å². The molecule has 1 aromatic rings. The first-order valence-corrected chi connectivity index (χ1v) is 11.1. The molecule has 1 aliphatic carbocycles. The van der Waals surface area contributed by atoms with Crippen LogP contribution in [-0.2, 0) is 14.3 Å². The lowest BCUT2D eigenvalue weighted by Crippen LogP contribution is -2.26. The molecule has 1 fully saturated rings. The SMILES string of the molecule is O=C(CCCCCSC1=CC(OC2CCCCO2)CC1)Oc1ccccc1. The Bertz CT molecular complexity index is 596. The molecule has 2 atom stereocenters. The zero-order chi connectivity index (χ0) is 18.7. The van der Waals surface area contributed by atoms with E-state index in [0.717, 1.165) is 57.3 Å². The predicted molar refractivity (Wildman–Crippen MR) is 109 cm³/mol. The summed E-state index contributed by atoms with van der Waals surface area (Å²) in [5, 5.41) is 0. The normalized spacial score (nSPS) is 22.4. The summed E-state index contributed by atoms with van der Waals surface area (Å²) in [5.74, 6) is 1.59. The molecule has 27 heavy (non-hydrogen) atoms. The molecule has 0 amide bonds. The Morgan fingerprint density at radius 3 is 2.81 bits per heavy atom. The standard InChI is InChI=1S/C22H30O4S/c23-21(25-18-9-3-1-4-10-18)11-5-2-8-16-27-20-14-13-19(17-20)26-22-12-6-7-15-24-22/h1,3-4,9-10,17,19,22H,2,5-8,11-16H2. The van der Waals surface area contributed by atoms with Gasteiger partial charge in [0.1, 0.15) is 5.75 Å². The van der Waals surface area contributed by atoms with Gasteiger partial charge in [-0.25, -0.2) is 0 Å². The number of hydrogen-bond donors (Lipinski definition) is 0. The quantitative estimate of drug-likeness (QED) is 0.301. The summed E-state index contributed by atoms with van der Waals surface area (Å²) in [6.45, 7) is 0.835. The second kappa shape index (κ2) is 11.5. The molecule has 1 heterocycles. The minimum Gasteiger partial charge on any atom is -0.427 e. The number of thioether (sulfide) groups is 1. The van der Waals surface area contributed by atoms with Gasteiger partial charge in [-0.3, -0.25) is 4.79 Å². The van der Waals surface area contributed by atoms with Crippen LogP contribution < -0.4 is 4.74 Å². The molecule has 0 aromatic heterocycles. The molecule has 3 rings (SSSR count). The van der Waals surface area contributed by atoms with Gasteiger partial charge in [0, 0.05) is 13.0 Å². The molecule has 0 saturated carbocycles. The molecule has 0 spiro atoms. The van der Waals surface area contributed by atoms with Crippen molar-refractivity contribution < 1.29 is 19.0 Å². The minimum atomic E-state index is -0.141. The maximum absolute atomic E-state index is 11.8. The summed E-state index contributed by atoms with van der Waals surface area (Å²) in [5.41, 5.74) is 0. The molecule has 2 unspecified atom stereocenters. The highest BCUT2D eigenvalue weighted by atomic mass is 32.2. The van der Waals surface area contributed by atoms with E-state index >= 15 is 0 Å². The third kappa shape index (κ3) is 7.68. The molecule has 1 aliphatic heterocycles. The fourth-order valence-electron chi connectivity index (χ4n) is 3.32. The van der Waals surface area contributed by atoms with E-state index < -0.39 is 0 Å². The molecule has 1 saturated heterocycles. The second-order valence-corrected chi connectivity index (χ2v) is 8.31. The summed E-state index contributed by atoms with van der Waals surface area (Å²) < 4.78 is 17.0. The van der Waals surface area contributed by atoms with Crippen LogP contribution in [0.2, 0.25) is 0 Å². The third-order valence-electron chi connectivity index (χ3n) is 4.80. The number of esters is 1. The van der Waals surface area contributed by atoms with Crippen molar-refractivity contribution in [3.8, 4) is 5.75 Å². The van der Waals surface area contributed by atoms with Crippen LogP contribution in [0.5, 0.6) is 5.75 Å². The van der Waals surface area contributed by atoms with Gasteiger partial charge in [0.25, 0.3) is 0 Å². The van der Waals surface area contributed by atoms with Crippen molar-refractivity contribution in [3.05, 3.63) is 41.3 Å². The zero-order valence-electron chi connectivity index (χ0n) is 15.9. The lowest BCUT2D eigenvalue weighted by molar-refractivity contribution is -0.177. The van der Waals surface area contributed by atoms with Crippen molar-refractivity contribution in [3.63, 3.8) is 0 Å². The zero-order valence-corrected chi connectivity index (χ0v) is 16.8. The number of unbranched alkanes of at least 4 members (excludes halogenated alkanes) is 2. The topological polar surface area (TPSA) is 44.8 Å². The Kier molecular flexibility index (Phi) is 8.72. The van der Waals surface area contributed by atoms with Gasteiger partial charge >= 0.3 is 5.97 Å². The first kappa shape index (κ1) is 20.4. The summed E-state index contributed by atoms with van der Waals surface area (Å²) in [7, 11) is 0. The van der Waals surface area contributed by atoms with Crippen LogP contribution in [0.3, 0.4) is 0 Å². The van der Waals surface area contributed by atoms with E-state index in [-0.39, 0.29) is 18.4 Å². The molecule has 2 aliphatic rings. The van der Waals surface area contributed by atoms with Crippen molar-refractivity contribution in [2.24, 2.45) is 0 Å². The van der Waals surface area contributed by atoms with Crippen LogP contribution >= 0.6 is 11.8 Å². The average molecular weight is 391 g/mol. The number of hydrogen-bond acceptors (Lipinski definition) is 5. The number of rotatable bonds is 10. The maximum Gasteiger partial charge on any atom is 0.311 e. The van der Waals surface area contributed by atoms with Crippen LogP contribution in [-0.4, -0.2) is 30.7 Å². The average Bonchev–Trinajstić information content (AvgIpc) is 3.13. The van der Waals surface area contributed by atoms with E-state index in [1.54, 1.807) is 12.1 Å². The highest BCUT2D eigenvalue weighted by Crippen LogP contribution is 2.32. The summed E-state index contributed by atoms with van der Waals surface area (Å²) in [4.78, 5) is 13.2. The molecule has 0 N–H and O–H groups in total. The number of allylic oxidation sites excluding steroid dienone is 1. The molecule has 4 nitrogen and oxygen atoms in total. The molecule has 1 aromatic carbocycles. The highest BCUT2D eigenvalue weighted by molar-refractivity contribution is 8.03. The summed E-state index contributed by atoms with van der Waals surface area (Å²) >= 11 is 1.94. The molecule has 0 radical (unpaired) electrons. The van der Waals surface area contributed by atoms with Crippen molar-refractivity contribution >= 4 is 17.7 Å². The molecule has 0 bridgehead atoms. The van der Waals surface area contributed by atoms with Crippen LogP contribution in [0.25, 0.3) is 0 Å². The first-order chi connectivity index (χ1) is 13.3. The number of benzene rings is 1. The number of carbonyl (C=O) groups is 1. The van der Waals surface area contributed by atoms with E-state index in [1.165, 1.54) is 11.3 Å². The fraction of sp³-hybridized carbons (Fsp3) is 0.591. The Labute approximate surface area is 166 Å². The number of ether oxygens (including phenoxy) is 3. The molecule has 148 valence electrons. The van der Waals surface area contributed by atoms with E-state index in [9.17, 15) is 4.79 Å². The van der Waals surface area contributed by atoms with Gasteiger partial charge in [-0.05, 0) is 73.8 Å². The Morgan fingerprint density at radius 2 is 2.00 bits per heavy atom. The van der Waals surface area contributed by atoms with Crippen LogP contribution in [0, 0.1) is 0 Å². The first-order valence-electron chi connectivity index (χ1n) is 10.2. The summed E-state index contributed by atoms with van der Waals surface area (Å²) in [6, 6.07) is 9.26. The summed E-state index contributed by atoms with van der Waals surface area (Å²) in [6.07, 6.45) is 11.6. The molecular weight excluding hydrogens is 360 g/mol. The van der Waals surface area contributed by atoms with Gasteiger partial charge in [0.2, 0.25) is 0 Å². The lowest BCUT2D eigenvalue weighted by Gasteiger charge is -2.25. The van der Waals surface area contributed by atoms with Crippen molar-refractivity contribution in [2.75, 3.05) is 12.4 Å². The van der Waals surface area contributed by atoms with Crippen LogP contribution in [0.4, 0.5) is 0 Å². The van der Waals surface area contributed by atoms with Crippen molar-refractivity contribution in [1.29, 1.82) is 0 Å². The largest absolute Gasteiger partial charge is 0.427 e. The maximum atomic E-state index is 11.8. The number of para-hydroxylation sites is 1. The third-order valence-corrected chi connectivity index (χ3v) is 6.00. The lowest BCUT2D eigenvalue weighted by atomic mass is 10.2. The van der Waals surface area contributed by atoms with E-state index in [1.807, 2.05) is 30.0 Å². The number of carbonyl (C=O) groups excluding carboxylic acids is 1. The smallest absolute Gasteiger partial charge is 0.311 e. The van der Waals surface area contributed by atoms with E-state index in [0.29, 0.717) is 12.2 Å². The van der Waals surface area contributed by atoms with Crippen LogP contribution in [0.1, 0.15) is 57.8 Å². The Hall–Kier alpha value is -1.30. The minimum absolute atomic E-state index is 0.00000745. The highest BCUT2D eigenvalue weighted by Gasteiger charge is 2.22. The fourth-order valence-corrected chi connectivity index (χ4v) is 4.44. The molecule has 5 heteroatoms. The van der Waals surface area contributed by atoms with Gasteiger partial charge in [-0.15, -0.1) is 11.8 Å². The van der Waals surface area contributed by atoms with Gasteiger partial charge < -0.3 is 14.2 Å². The predicted octanol–water partition coefficient (Wildman–Crippen LogP) is 5.48. The van der Waals surface area contributed by atoms with E-state index in [2.05, 4.69) is 6.08 Å². The van der Waals surface area contributed by atoms with Gasteiger partial charge in [-0.1, -0.05) is 24.6 Å². The van der Waals surface area contributed by atoms with Crippen molar-refractivity contribution in [2.45, 2.75) is 70.2 Å². The van der Waals surface area contributed by atoms with Crippen molar-refractivity contribution in [1.82, 2.24) is 0 Å². The Morgan fingerprint density at radius 1 is 1.11 bits per heavy atom.